The third kappa shape index (κ3) is 6.03. The van der Waals surface area contributed by atoms with Gasteiger partial charge in [-0.15, -0.1) is 0 Å². The predicted molar refractivity (Wildman–Crippen MR) is 65.4 cm³/mol. The van der Waals surface area contributed by atoms with Crippen molar-refractivity contribution in [1.82, 2.24) is 4.72 Å². The first-order chi connectivity index (χ1) is 7.99. The smallest absolute Gasteiger partial charge is 0.218 e. The van der Waals surface area contributed by atoms with Crippen molar-refractivity contribution in [3.63, 3.8) is 0 Å². The van der Waals surface area contributed by atoms with Gasteiger partial charge in [0.25, 0.3) is 0 Å². The summed E-state index contributed by atoms with van der Waals surface area (Å²) in [6, 6.07) is 9.37. The number of carbonyl (C=O) groups is 1. The van der Waals surface area contributed by atoms with Crippen LogP contribution in [-0.2, 0) is 14.8 Å². The van der Waals surface area contributed by atoms with Crippen molar-refractivity contribution >= 4 is 15.9 Å². The molecule has 0 saturated carbocycles. The van der Waals surface area contributed by atoms with Gasteiger partial charge in [0, 0.05) is 19.4 Å². The Balaban J connectivity index is 2.33. The summed E-state index contributed by atoms with van der Waals surface area (Å²) in [5.74, 6) is -0.896. The molecule has 0 unspecified atom stereocenters. The second-order valence-electron chi connectivity index (χ2n) is 3.50. The Kier molecular flexibility index (Phi) is 5.11. The van der Waals surface area contributed by atoms with Crippen LogP contribution in [0.15, 0.2) is 30.3 Å². The van der Waals surface area contributed by atoms with E-state index in [0.717, 1.165) is 5.56 Å². The lowest BCUT2D eigenvalue weighted by Gasteiger charge is -2.05. The number of hydrogen-bond donors (Lipinski definition) is 2. The Morgan fingerprint density at radius 1 is 1.29 bits per heavy atom. The van der Waals surface area contributed by atoms with Crippen LogP contribution in [-0.4, -0.2) is 26.6 Å². The van der Waals surface area contributed by atoms with E-state index in [2.05, 4.69) is 4.72 Å². The number of nitrogens with two attached hydrogens (primary N) is 1. The monoisotopic (exact) mass is 255 g/mol. The van der Waals surface area contributed by atoms with E-state index < -0.39 is 15.9 Å². The molecule has 0 bridgehead atoms. The normalized spacial score (nSPS) is 11.3. The van der Waals surface area contributed by atoms with E-state index in [1.54, 1.807) is 6.42 Å². The lowest BCUT2D eigenvalue weighted by Crippen LogP contribution is -2.29. The number of sulfonamides is 1. The van der Waals surface area contributed by atoms with Crippen LogP contribution in [0.3, 0.4) is 0 Å². The Bertz CT molecular complexity index is 457. The molecular formula is C11H15N2O3S. The van der Waals surface area contributed by atoms with Crippen molar-refractivity contribution in [2.45, 2.75) is 6.42 Å². The molecule has 0 saturated heterocycles. The largest absolute Gasteiger partial charge is 0.370 e. The highest BCUT2D eigenvalue weighted by atomic mass is 32.2. The molecule has 0 spiro atoms. The minimum absolute atomic E-state index is 0.166. The molecule has 1 radical (unpaired) electrons. The molecule has 0 atom stereocenters. The number of benzene rings is 1. The summed E-state index contributed by atoms with van der Waals surface area (Å²) in [6.45, 7) is 0.200. The SMILES string of the molecule is NC(=O)CCS(=O)(=O)NC[CH]c1ccccc1. The van der Waals surface area contributed by atoms with E-state index in [1.165, 1.54) is 0 Å². The molecule has 0 aliphatic rings. The van der Waals surface area contributed by atoms with Crippen LogP contribution in [0.2, 0.25) is 0 Å². The van der Waals surface area contributed by atoms with E-state index in [4.69, 9.17) is 5.73 Å². The zero-order chi connectivity index (χ0) is 12.7. The van der Waals surface area contributed by atoms with Gasteiger partial charge in [-0.1, -0.05) is 30.3 Å². The first-order valence-electron chi connectivity index (χ1n) is 5.13. The molecule has 1 rings (SSSR count). The van der Waals surface area contributed by atoms with Crippen LogP contribution < -0.4 is 10.5 Å². The second kappa shape index (κ2) is 6.36. The molecule has 6 heteroatoms. The van der Waals surface area contributed by atoms with Gasteiger partial charge in [-0.2, -0.15) is 0 Å². The fraction of sp³-hybridized carbons (Fsp3) is 0.273. The summed E-state index contributed by atoms with van der Waals surface area (Å²) in [5.41, 5.74) is 5.82. The molecule has 17 heavy (non-hydrogen) atoms. The van der Waals surface area contributed by atoms with E-state index in [9.17, 15) is 13.2 Å². The van der Waals surface area contributed by atoms with Gasteiger partial charge in [0.2, 0.25) is 15.9 Å². The third-order valence-corrected chi connectivity index (χ3v) is 3.41. The van der Waals surface area contributed by atoms with Gasteiger partial charge in [-0.3, -0.25) is 4.79 Å². The molecule has 0 aromatic heterocycles. The van der Waals surface area contributed by atoms with Gasteiger partial charge in [0.05, 0.1) is 5.75 Å². The van der Waals surface area contributed by atoms with E-state index in [0.29, 0.717) is 0 Å². The van der Waals surface area contributed by atoms with Crippen LogP contribution in [0.1, 0.15) is 12.0 Å². The molecule has 0 fully saturated rings. The van der Waals surface area contributed by atoms with Crippen molar-refractivity contribution in [2.75, 3.05) is 12.3 Å². The van der Waals surface area contributed by atoms with Crippen LogP contribution in [0.25, 0.3) is 0 Å². The highest BCUT2D eigenvalue weighted by Crippen LogP contribution is 2.01. The molecule has 0 heterocycles. The topological polar surface area (TPSA) is 89.3 Å². The number of rotatable bonds is 7. The van der Waals surface area contributed by atoms with E-state index in [-0.39, 0.29) is 18.7 Å². The van der Waals surface area contributed by atoms with Crippen molar-refractivity contribution in [3.05, 3.63) is 42.3 Å². The van der Waals surface area contributed by atoms with Crippen LogP contribution in [0.5, 0.6) is 0 Å². The fourth-order valence-electron chi connectivity index (χ4n) is 1.18. The average molecular weight is 255 g/mol. The number of amides is 1. The molecular weight excluding hydrogens is 240 g/mol. The summed E-state index contributed by atoms with van der Waals surface area (Å²) in [7, 11) is -3.43. The average Bonchev–Trinajstić information content (AvgIpc) is 2.28. The quantitative estimate of drug-likeness (QED) is 0.720. The molecule has 0 aliphatic carbocycles. The maximum absolute atomic E-state index is 11.4. The van der Waals surface area contributed by atoms with Gasteiger partial charge < -0.3 is 5.73 Å². The van der Waals surface area contributed by atoms with Crippen LogP contribution >= 0.6 is 0 Å². The zero-order valence-corrected chi connectivity index (χ0v) is 10.1. The molecule has 1 amide bonds. The maximum atomic E-state index is 11.4. The highest BCUT2D eigenvalue weighted by molar-refractivity contribution is 7.89. The van der Waals surface area contributed by atoms with Gasteiger partial charge >= 0.3 is 0 Å². The molecule has 93 valence electrons. The summed E-state index contributed by atoms with van der Waals surface area (Å²) in [4.78, 5) is 10.5. The number of nitrogens with one attached hydrogen (secondary N) is 1. The maximum Gasteiger partial charge on any atom is 0.218 e. The van der Waals surface area contributed by atoms with Crippen molar-refractivity contribution < 1.29 is 13.2 Å². The first kappa shape index (κ1) is 13.7. The second-order valence-corrected chi connectivity index (χ2v) is 5.42. The van der Waals surface area contributed by atoms with E-state index >= 15 is 0 Å². The molecule has 0 aliphatic heterocycles. The fourth-order valence-corrected chi connectivity index (χ4v) is 2.13. The molecule has 5 nitrogen and oxygen atoms in total. The van der Waals surface area contributed by atoms with Gasteiger partial charge in [-0.25, -0.2) is 13.1 Å². The molecule has 1 aromatic carbocycles. The Morgan fingerprint density at radius 3 is 2.53 bits per heavy atom. The van der Waals surface area contributed by atoms with E-state index in [1.807, 2.05) is 30.3 Å². The summed E-state index contributed by atoms with van der Waals surface area (Å²) in [5, 5.41) is 0. The molecule has 3 N–H and O–H groups in total. The lowest BCUT2D eigenvalue weighted by atomic mass is 10.2. The summed E-state index contributed by atoms with van der Waals surface area (Å²) in [6.07, 6.45) is 1.59. The number of hydrogen-bond acceptors (Lipinski definition) is 3. The standard InChI is InChI=1S/C11H15N2O3S/c12-11(14)7-9-17(15,16)13-8-6-10-4-2-1-3-5-10/h1-6,13H,7-9H2,(H2,12,14). The first-order valence-corrected chi connectivity index (χ1v) is 6.79. The Morgan fingerprint density at radius 2 is 1.94 bits per heavy atom. The number of primary amides is 1. The molecule has 1 aromatic rings. The van der Waals surface area contributed by atoms with Crippen molar-refractivity contribution in [1.29, 1.82) is 0 Å². The van der Waals surface area contributed by atoms with Crippen molar-refractivity contribution in [3.8, 4) is 0 Å². The van der Waals surface area contributed by atoms with Gasteiger partial charge in [-0.05, 0) is 5.56 Å². The minimum Gasteiger partial charge on any atom is -0.370 e. The minimum atomic E-state index is -3.43. The van der Waals surface area contributed by atoms with Crippen molar-refractivity contribution in [2.24, 2.45) is 5.73 Å². The zero-order valence-electron chi connectivity index (χ0n) is 9.30. The third-order valence-electron chi connectivity index (χ3n) is 2.06. The van der Waals surface area contributed by atoms with Gasteiger partial charge in [0.1, 0.15) is 0 Å². The summed E-state index contributed by atoms with van der Waals surface area (Å²) < 4.78 is 25.1. The van der Waals surface area contributed by atoms with Crippen LogP contribution in [0.4, 0.5) is 0 Å². The van der Waals surface area contributed by atoms with Crippen LogP contribution in [0, 0.1) is 6.42 Å². The van der Waals surface area contributed by atoms with Gasteiger partial charge in [0.15, 0.2) is 0 Å². The Labute approximate surface area is 101 Å². The summed E-state index contributed by atoms with van der Waals surface area (Å²) >= 11 is 0. The number of carbonyl (C=O) groups excluding carboxylic acids is 1. The lowest BCUT2D eigenvalue weighted by molar-refractivity contribution is -0.117. The predicted octanol–water partition coefficient (Wildman–Crippen LogP) is 0.0338. The highest BCUT2D eigenvalue weighted by Gasteiger charge is 2.10. The Hall–Kier alpha value is -1.40.